The third-order valence-electron chi connectivity index (χ3n) is 6.13. The average molecular weight is 477 g/mol. The molecule has 0 amide bonds. The predicted octanol–water partition coefficient (Wildman–Crippen LogP) is 2.47. The van der Waals surface area contributed by atoms with Gasteiger partial charge in [0.2, 0.25) is 5.95 Å². The van der Waals surface area contributed by atoms with Gasteiger partial charge < -0.3 is 24.7 Å². The molecule has 180 valence electrons. The molecule has 2 aliphatic heterocycles. The SMILES string of the molecule is CCOC(=O)c1sc(Nc2nc(N3CCC(O)CC3)cc(N3CCC(C)(O)CC3)n2)nc1C. The van der Waals surface area contributed by atoms with Gasteiger partial charge in [-0.2, -0.15) is 9.97 Å². The van der Waals surface area contributed by atoms with Crippen molar-refractivity contribution in [2.75, 3.05) is 47.9 Å². The first-order valence-corrected chi connectivity index (χ1v) is 12.3. The first-order valence-electron chi connectivity index (χ1n) is 11.4. The first kappa shape index (κ1) is 23.7. The van der Waals surface area contributed by atoms with E-state index in [4.69, 9.17) is 14.7 Å². The van der Waals surface area contributed by atoms with Crippen molar-refractivity contribution in [1.29, 1.82) is 0 Å². The second kappa shape index (κ2) is 9.78. The summed E-state index contributed by atoms with van der Waals surface area (Å²) in [6.45, 7) is 8.55. The normalized spacial score (nSPS) is 18.9. The number of ether oxygens (including phenoxy) is 1. The summed E-state index contributed by atoms with van der Waals surface area (Å²) in [5.41, 5.74) is -0.0566. The van der Waals surface area contributed by atoms with Crippen LogP contribution in [0.1, 0.15) is 54.9 Å². The fraction of sp³-hybridized carbons (Fsp3) is 0.636. The van der Waals surface area contributed by atoms with Crippen LogP contribution in [0.4, 0.5) is 22.7 Å². The molecule has 2 saturated heterocycles. The van der Waals surface area contributed by atoms with Crippen LogP contribution in [0.25, 0.3) is 0 Å². The number of aliphatic hydroxyl groups excluding tert-OH is 1. The van der Waals surface area contributed by atoms with Crippen molar-refractivity contribution < 1.29 is 19.7 Å². The highest BCUT2D eigenvalue weighted by Crippen LogP contribution is 2.31. The quantitative estimate of drug-likeness (QED) is 0.536. The van der Waals surface area contributed by atoms with Crippen LogP contribution in [0.2, 0.25) is 0 Å². The number of carbonyl (C=O) groups excluding carboxylic acids is 1. The molecule has 3 N–H and O–H groups in total. The van der Waals surface area contributed by atoms with Crippen LogP contribution in [-0.4, -0.2) is 75.6 Å². The summed E-state index contributed by atoms with van der Waals surface area (Å²) in [6.07, 6.45) is 2.45. The van der Waals surface area contributed by atoms with Crippen LogP contribution in [0.15, 0.2) is 6.07 Å². The summed E-state index contributed by atoms with van der Waals surface area (Å²) >= 11 is 1.22. The lowest BCUT2D eigenvalue weighted by Crippen LogP contribution is -2.43. The summed E-state index contributed by atoms with van der Waals surface area (Å²) < 4.78 is 5.11. The van der Waals surface area contributed by atoms with Gasteiger partial charge in [0.15, 0.2) is 5.13 Å². The number of hydrogen-bond acceptors (Lipinski definition) is 11. The fourth-order valence-corrected chi connectivity index (χ4v) is 4.90. The molecule has 0 spiro atoms. The fourth-order valence-electron chi connectivity index (χ4n) is 4.05. The summed E-state index contributed by atoms with van der Waals surface area (Å²) in [6, 6.07) is 1.97. The number of rotatable bonds is 6. The van der Waals surface area contributed by atoms with E-state index < -0.39 is 5.60 Å². The minimum absolute atomic E-state index is 0.274. The van der Waals surface area contributed by atoms with E-state index in [1.54, 1.807) is 13.8 Å². The van der Waals surface area contributed by atoms with Gasteiger partial charge >= 0.3 is 5.97 Å². The summed E-state index contributed by atoms with van der Waals surface area (Å²) in [5, 5.41) is 23.9. The summed E-state index contributed by atoms with van der Waals surface area (Å²) in [4.78, 5) is 30.8. The van der Waals surface area contributed by atoms with Gasteiger partial charge in [-0.1, -0.05) is 11.3 Å². The number of anilines is 4. The van der Waals surface area contributed by atoms with Crippen molar-refractivity contribution in [3.8, 4) is 0 Å². The molecule has 0 unspecified atom stereocenters. The zero-order valence-electron chi connectivity index (χ0n) is 19.4. The molecule has 2 aromatic heterocycles. The molecule has 2 aromatic rings. The summed E-state index contributed by atoms with van der Waals surface area (Å²) in [7, 11) is 0. The molecule has 33 heavy (non-hydrogen) atoms. The molecule has 2 fully saturated rings. The van der Waals surface area contributed by atoms with Gasteiger partial charge in [-0.25, -0.2) is 9.78 Å². The van der Waals surface area contributed by atoms with Crippen LogP contribution in [0, 0.1) is 6.92 Å². The topological polar surface area (TPSA) is 124 Å². The van der Waals surface area contributed by atoms with Crippen LogP contribution in [0.5, 0.6) is 0 Å². The second-order valence-corrected chi connectivity index (χ2v) is 9.89. The molecule has 2 aliphatic rings. The number of piperidine rings is 2. The van der Waals surface area contributed by atoms with E-state index >= 15 is 0 Å². The van der Waals surface area contributed by atoms with E-state index in [2.05, 4.69) is 20.1 Å². The number of esters is 1. The van der Waals surface area contributed by atoms with Crippen molar-refractivity contribution in [1.82, 2.24) is 15.0 Å². The van der Waals surface area contributed by atoms with E-state index in [1.807, 2.05) is 13.0 Å². The maximum atomic E-state index is 12.2. The molecule has 0 saturated carbocycles. The van der Waals surface area contributed by atoms with Gasteiger partial charge in [0.1, 0.15) is 16.5 Å². The van der Waals surface area contributed by atoms with Crippen molar-refractivity contribution >= 4 is 40.0 Å². The highest BCUT2D eigenvalue weighted by molar-refractivity contribution is 7.17. The number of thiazole rings is 1. The van der Waals surface area contributed by atoms with Gasteiger partial charge in [-0.3, -0.25) is 5.32 Å². The Morgan fingerprint density at radius 3 is 2.39 bits per heavy atom. The Hall–Kier alpha value is -2.50. The van der Waals surface area contributed by atoms with Gasteiger partial charge in [0.25, 0.3) is 0 Å². The number of nitrogens with one attached hydrogen (secondary N) is 1. The van der Waals surface area contributed by atoms with Crippen LogP contribution < -0.4 is 15.1 Å². The van der Waals surface area contributed by atoms with Crippen LogP contribution in [-0.2, 0) is 4.74 Å². The van der Waals surface area contributed by atoms with Crippen molar-refractivity contribution in [3.05, 3.63) is 16.6 Å². The molecule has 11 heteroatoms. The third-order valence-corrected chi connectivity index (χ3v) is 7.18. The predicted molar refractivity (Wildman–Crippen MR) is 128 cm³/mol. The van der Waals surface area contributed by atoms with E-state index in [1.165, 1.54) is 11.3 Å². The molecule has 0 radical (unpaired) electrons. The number of aromatic nitrogens is 3. The monoisotopic (exact) mass is 476 g/mol. The van der Waals surface area contributed by atoms with Crippen LogP contribution in [0.3, 0.4) is 0 Å². The average Bonchev–Trinajstić information content (AvgIpc) is 3.14. The Bertz CT molecular complexity index is 979. The Kier molecular flexibility index (Phi) is 7.01. The molecule has 4 rings (SSSR count). The molecule has 0 bridgehead atoms. The summed E-state index contributed by atoms with van der Waals surface area (Å²) in [5.74, 6) is 1.58. The van der Waals surface area contributed by atoms with Crippen LogP contribution >= 0.6 is 11.3 Å². The molecular weight excluding hydrogens is 444 g/mol. The zero-order chi connectivity index (χ0) is 23.6. The first-order chi connectivity index (χ1) is 15.7. The molecule has 0 aliphatic carbocycles. The molecule has 10 nitrogen and oxygen atoms in total. The number of aryl methyl sites for hydroxylation is 1. The third kappa shape index (κ3) is 5.71. The number of carbonyl (C=O) groups is 1. The Balaban J connectivity index is 1.60. The Morgan fingerprint density at radius 2 is 1.79 bits per heavy atom. The molecule has 4 heterocycles. The Labute approximate surface area is 197 Å². The highest BCUT2D eigenvalue weighted by Gasteiger charge is 2.29. The van der Waals surface area contributed by atoms with E-state index in [-0.39, 0.29) is 12.1 Å². The second-order valence-electron chi connectivity index (χ2n) is 8.89. The number of aliphatic hydroxyl groups is 2. The smallest absolute Gasteiger partial charge is 0.350 e. The maximum absolute atomic E-state index is 12.2. The lowest BCUT2D eigenvalue weighted by atomic mass is 9.94. The zero-order valence-corrected chi connectivity index (χ0v) is 20.2. The molecule has 0 aromatic carbocycles. The standard InChI is InChI=1S/C22H32N6O4S/c1-4-32-19(30)18-14(2)23-21(33-18)26-20-24-16(27-9-5-15(29)6-10-27)13-17(25-20)28-11-7-22(3,31)8-12-28/h13,15,29,31H,4-12H2,1-3H3,(H,23,24,25,26). The van der Waals surface area contributed by atoms with Gasteiger partial charge in [-0.05, 0) is 46.5 Å². The largest absolute Gasteiger partial charge is 0.462 e. The maximum Gasteiger partial charge on any atom is 0.350 e. The molecule has 0 atom stereocenters. The van der Waals surface area contributed by atoms with E-state index in [0.717, 1.165) is 24.7 Å². The number of hydrogen-bond donors (Lipinski definition) is 3. The van der Waals surface area contributed by atoms with E-state index in [9.17, 15) is 15.0 Å². The highest BCUT2D eigenvalue weighted by atomic mass is 32.1. The Morgan fingerprint density at radius 1 is 1.18 bits per heavy atom. The lowest BCUT2D eigenvalue weighted by molar-refractivity contribution is 0.0350. The van der Waals surface area contributed by atoms with E-state index in [0.29, 0.717) is 67.0 Å². The minimum Gasteiger partial charge on any atom is -0.462 e. The van der Waals surface area contributed by atoms with Gasteiger partial charge in [0.05, 0.1) is 24.0 Å². The lowest BCUT2D eigenvalue weighted by Gasteiger charge is -2.37. The van der Waals surface area contributed by atoms with Gasteiger partial charge in [-0.15, -0.1) is 0 Å². The number of nitrogens with zero attached hydrogens (tertiary/aromatic N) is 5. The van der Waals surface area contributed by atoms with Crippen molar-refractivity contribution in [2.45, 2.75) is 58.2 Å². The molecular formula is C22H32N6O4S. The van der Waals surface area contributed by atoms with Crippen molar-refractivity contribution in [2.24, 2.45) is 0 Å². The van der Waals surface area contributed by atoms with Gasteiger partial charge in [0, 0.05) is 32.2 Å². The minimum atomic E-state index is -0.654. The van der Waals surface area contributed by atoms with Crippen molar-refractivity contribution in [3.63, 3.8) is 0 Å².